The van der Waals surface area contributed by atoms with Crippen LogP contribution in [-0.4, -0.2) is 17.8 Å². The van der Waals surface area contributed by atoms with Gasteiger partial charge in [-0.05, 0) is 51.9 Å². The minimum absolute atomic E-state index is 0.176. The van der Waals surface area contributed by atoms with Crippen LogP contribution in [0, 0.1) is 0 Å². The molecular weight excluding hydrogens is 214 g/mol. The van der Waals surface area contributed by atoms with Gasteiger partial charge in [0, 0.05) is 0 Å². The second-order valence-corrected chi connectivity index (χ2v) is 4.71. The molecule has 0 fully saturated rings. The normalized spacial score (nSPS) is 12.4. The molecule has 98 valence electrons. The molecule has 1 aromatic rings. The van der Waals surface area contributed by atoms with Crippen LogP contribution in [0.15, 0.2) is 24.3 Å². The first-order chi connectivity index (χ1) is 7.92. The molecule has 0 bridgehead atoms. The van der Waals surface area contributed by atoms with E-state index in [0.29, 0.717) is 0 Å². The SMILES string of the molecule is CCC(O)c1ccc(OC(C)(C)C)cc1.CN. The Labute approximate surface area is 105 Å². The van der Waals surface area contributed by atoms with Crippen molar-refractivity contribution in [3.8, 4) is 5.75 Å². The molecule has 1 rings (SSSR count). The number of hydrogen-bond donors (Lipinski definition) is 2. The van der Waals surface area contributed by atoms with E-state index in [9.17, 15) is 5.11 Å². The number of aliphatic hydroxyl groups is 1. The maximum Gasteiger partial charge on any atom is 0.120 e. The van der Waals surface area contributed by atoms with E-state index in [0.717, 1.165) is 17.7 Å². The average molecular weight is 239 g/mol. The van der Waals surface area contributed by atoms with Gasteiger partial charge in [-0.15, -0.1) is 0 Å². The van der Waals surface area contributed by atoms with Crippen molar-refractivity contribution in [2.24, 2.45) is 5.73 Å². The van der Waals surface area contributed by atoms with Gasteiger partial charge in [0.25, 0.3) is 0 Å². The summed E-state index contributed by atoms with van der Waals surface area (Å²) in [6.07, 6.45) is 0.369. The zero-order chi connectivity index (χ0) is 13.5. The average Bonchev–Trinajstić information content (AvgIpc) is 2.29. The molecule has 0 aliphatic rings. The topological polar surface area (TPSA) is 55.5 Å². The third kappa shape index (κ3) is 6.29. The van der Waals surface area contributed by atoms with Crippen molar-refractivity contribution < 1.29 is 9.84 Å². The molecule has 3 heteroatoms. The largest absolute Gasteiger partial charge is 0.488 e. The highest BCUT2D eigenvalue weighted by molar-refractivity contribution is 5.28. The van der Waals surface area contributed by atoms with Crippen LogP contribution in [0.5, 0.6) is 5.75 Å². The lowest BCUT2D eigenvalue weighted by molar-refractivity contribution is 0.130. The molecular formula is C14H25NO2. The Morgan fingerprint density at radius 3 is 2.00 bits per heavy atom. The quantitative estimate of drug-likeness (QED) is 0.852. The first kappa shape index (κ1) is 15.9. The molecule has 0 spiro atoms. The van der Waals surface area contributed by atoms with Gasteiger partial charge in [0.2, 0.25) is 0 Å². The fourth-order valence-electron chi connectivity index (χ4n) is 1.35. The Hall–Kier alpha value is -1.06. The Kier molecular flexibility index (Phi) is 6.85. The van der Waals surface area contributed by atoms with Gasteiger partial charge >= 0.3 is 0 Å². The summed E-state index contributed by atoms with van der Waals surface area (Å²) >= 11 is 0. The van der Waals surface area contributed by atoms with Crippen LogP contribution in [0.2, 0.25) is 0 Å². The van der Waals surface area contributed by atoms with Crippen LogP contribution < -0.4 is 10.5 Å². The third-order valence-corrected chi connectivity index (χ3v) is 2.08. The summed E-state index contributed by atoms with van der Waals surface area (Å²) in [6, 6.07) is 7.63. The van der Waals surface area contributed by atoms with Gasteiger partial charge < -0.3 is 15.6 Å². The molecule has 17 heavy (non-hydrogen) atoms. The monoisotopic (exact) mass is 239 g/mol. The lowest BCUT2D eigenvalue weighted by Gasteiger charge is -2.21. The van der Waals surface area contributed by atoms with Crippen molar-refractivity contribution >= 4 is 0 Å². The third-order valence-electron chi connectivity index (χ3n) is 2.08. The highest BCUT2D eigenvalue weighted by Gasteiger charge is 2.12. The van der Waals surface area contributed by atoms with Gasteiger partial charge in [-0.1, -0.05) is 19.1 Å². The van der Waals surface area contributed by atoms with Crippen molar-refractivity contribution in [1.29, 1.82) is 0 Å². The molecule has 3 nitrogen and oxygen atoms in total. The molecule has 3 N–H and O–H groups in total. The van der Waals surface area contributed by atoms with Crippen molar-refractivity contribution in [2.45, 2.75) is 45.8 Å². The number of benzene rings is 1. The van der Waals surface area contributed by atoms with Crippen molar-refractivity contribution in [2.75, 3.05) is 7.05 Å². The van der Waals surface area contributed by atoms with Gasteiger partial charge in [-0.2, -0.15) is 0 Å². The van der Waals surface area contributed by atoms with Gasteiger partial charge in [-0.25, -0.2) is 0 Å². The Morgan fingerprint density at radius 2 is 1.65 bits per heavy atom. The highest BCUT2D eigenvalue weighted by atomic mass is 16.5. The molecule has 0 heterocycles. The second-order valence-electron chi connectivity index (χ2n) is 4.71. The summed E-state index contributed by atoms with van der Waals surface area (Å²) in [7, 11) is 1.50. The highest BCUT2D eigenvalue weighted by Crippen LogP contribution is 2.22. The van der Waals surface area contributed by atoms with E-state index in [1.807, 2.05) is 52.0 Å². The Balaban J connectivity index is 0.00000121. The molecule has 0 radical (unpaired) electrons. The fourth-order valence-corrected chi connectivity index (χ4v) is 1.35. The van der Waals surface area contributed by atoms with Gasteiger partial charge in [-0.3, -0.25) is 0 Å². The fraction of sp³-hybridized carbons (Fsp3) is 0.571. The van der Waals surface area contributed by atoms with E-state index in [4.69, 9.17) is 4.74 Å². The van der Waals surface area contributed by atoms with E-state index in [-0.39, 0.29) is 11.7 Å². The molecule has 0 saturated carbocycles. The molecule has 0 saturated heterocycles. The van der Waals surface area contributed by atoms with Crippen LogP contribution in [-0.2, 0) is 0 Å². The molecule has 0 aromatic heterocycles. The summed E-state index contributed by atoms with van der Waals surface area (Å²) in [5.74, 6) is 0.842. The van der Waals surface area contributed by atoms with Gasteiger partial charge in [0.05, 0.1) is 6.10 Å². The zero-order valence-electron chi connectivity index (χ0n) is 11.5. The van der Waals surface area contributed by atoms with E-state index in [1.165, 1.54) is 7.05 Å². The number of hydrogen-bond acceptors (Lipinski definition) is 3. The second kappa shape index (κ2) is 7.30. The maximum atomic E-state index is 9.61. The molecule has 1 aromatic carbocycles. The zero-order valence-corrected chi connectivity index (χ0v) is 11.5. The Morgan fingerprint density at radius 1 is 1.18 bits per heavy atom. The number of aliphatic hydroxyl groups excluding tert-OH is 1. The number of rotatable bonds is 3. The predicted octanol–water partition coefficient (Wildman–Crippen LogP) is 2.88. The summed E-state index contributed by atoms with van der Waals surface area (Å²) in [6.45, 7) is 8.01. The van der Waals surface area contributed by atoms with Gasteiger partial charge in [0.1, 0.15) is 11.4 Å². The first-order valence-electron chi connectivity index (χ1n) is 5.97. The number of ether oxygens (including phenoxy) is 1. The van der Waals surface area contributed by atoms with Crippen LogP contribution in [0.25, 0.3) is 0 Å². The lowest BCUT2D eigenvalue weighted by Crippen LogP contribution is -2.22. The first-order valence-corrected chi connectivity index (χ1v) is 5.97. The minimum atomic E-state index is -0.367. The van der Waals surface area contributed by atoms with E-state index in [1.54, 1.807) is 0 Å². The summed E-state index contributed by atoms with van der Waals surface area (Å²) in [5.41, 5.74) is 5.27. The molecule has 0 amide bonds. The summed E-state index contributed by atoms with van der Waals surface area (Å²) in [5, 5.41) is 9.61. The molecule has 1 unspecified atom stereocenters. The number of nitrogens with two attached hydrogens (primary N) is 1. The molecule has 1 atom stereocenters. The molecule has 0 aliphatic carbocycles. The van der Waals surface area contributed by atoms with Crippen molar-refractivity contribution in [1.82, 2.24) is 0 Å². The van der Waals surface area contributed by atoms with Crippen LogP contribution >= 0.6 is 0 Å². The Bertz CT molecular complexity index is 301. The van der Waals surface area contributed by atoms with E-state index in [2.05, 4.69) is 5.73 Å². The van der Waals surface area contributed by atoms with Crippen LogP contribution in [0.4, 0.5) is 0 Å². The summed E-state index contributed by atoms with van der Waals surface area (Å²) < 4.78 is 5.69. The molecule has 0 aliphatic heterocycles. The van der Waals surface area contributed by atoms with E-state index < -0.39 is 0 Å². The van der Waals surface area contributed by atoms with Crippen LogP contribution in [0.3, 0.4) is 0 Å². The smallest absolute Gasteiger partial charge is 0.120 e. The van der Waals surface area contributed by atoms with E-state index >= 15 is 0 Å². The maximum absolute atomic E-state index is 9.61. The lowest BCUT2D eigenvalue weighted by atomic mass is 10.1. The van der Waals surface area contributed by atoms with Crippen LogP contribution in [0.1, 0.15) is 45.8 Å². The minimum Gasteiger partial charge on any atom is -0.488 e. The van der Waals surface area contributed by atoms with Crippen molar-refractivity contribution in [3.05, 3.63) is 29.8 Å². The predicted molar refractivity (Wildman–Crippen MR) is 72.2 cm³/mol. The standard InChI is InChI=1S/C13H20O2.CH5N/c1-5-12(14)10-6-8-11(9-7-10)15-13(2,3)4;1-2/h6-9,12,14H,5H2,1-4H3;2H2,1H3. The summed E-state index contributed by atoms with van der Waals surface area (Å²) in [4.78, 5) is 0. The van der Waals surface area contributed by atoms with Crippen molar-refractivity contribution in [3.63, 3.8) is 0 Å². The van der Waals surface area contributed by atoms with Gasteiger partial charge in [0.15, 0.2) is 0 Å².